The summed E-state index contributed by atoms with van der Waals surface area (Å²) in [5, 5.41) is 9.40. The average molecular weight is 256 g/mol. The Balaban J connectivity index is 1.60. The first-order valence-electron chi connectivity index (χ1n) is 6.36. The molecule has 0 atom stereocenters. The Kier molecular flexibility index (Phi) is 2.95. The minimum absolute atomic E-state index is 0.0329. The smallest absolute Gasteiger partial charge is 0.224 e. The number of benzene rings is 1. The minimum atomic E-state index is 0.0329. The number of carbonyl (C=O) groups excluding carboxylic acids is 1. The molecule has 2 aromatic rings. The van der Waals surface area contributed by atoms with Gasteiger partial charge in [0.2, 0.25) is 5.91 Å². The molecular weight excluding hydrogens is 240 g/mol. The van der Waals surface area contributed by atoms with Crippen molar-refractivity contribution in [2.75, 3.05) is 5.73 Å². The van der Waals surface area contributed by atoms with E-state index < -0.39 is 0 Å². The van der Waals surface area contributed by atoms with Crippen LogP contribution in [0.1, 0.15) is 16.7 Å². The van der Waals surface area contributed by atoms with Crippen molar-refractivity contribution in [3.8, 4) is 0 Å². The lowest BCUT2D eigenvalue weighted by molar-refractivity contribution is -0.124. The number of amides is 1. The molecule has 0 bridgehead atoms. The zero-order valence-electron chi connectivity index (χ0n) is 10.5. The summed E-state index contributed by atoms with van der Waals surface area (Å²) in [5.41, 5.74) is 9.07. The number of nitrogen functional groups attached to an aromatic ring is 1. The zero-order valence-corrected chi connectivity index (χ0v) is 10.5. The van der Waals surface area contributed by atoms with E-state index in [1.165, 1.54) is 11.1 Å². The normalized spacial score (nSPS) is 14.3. The van der Waals surface area contributed by atoms with E-state index in [4.69, 9.17) is 5.73 Å². The van der Waals surface area contributed by atoms with Crippen molar-refractivity contribution in [2.24, 2.45) is 5.92 Å². The lowest BCUT2D eigenvalue weighted by atomic mass is 10.1. The number of nitrogens with zero attached hydrogens (tertiary/aromatic N) is 1. The second-order valence-electron chi connectivity index (χ2n) is 4.90. The number of carbonyl (C=O) groups is 1. The quantitative estimate of drug-likeness (QED) is 0.766. The van der Waals surface area contributed by atoms with E-state index >= 15 is 0 Å². The number of hydrogen-bond donors (Lipinski definition) is 3. The first kappa shape index (κ1) is 11.8. The number of nitrogens with two attached hydrogens (primary N) is 1. The monoisotopic (exact) mass is 256 g/mol. The number of aromatic nitrogens is 2. The van der Waals surface area contributed by atoms with E-state index in [2.05, 4.69) is 27.6 Å². The number of anilines is 1. The lowest BCUT2D eigenvalue weighted by Gasteiger charge is -2.09. The van der Waals surface area contributed by atoms with Gasteiger partial charge in [0.05, 0.1) is 6.20 Å². The third-order valence-electron chi connectivity index (χ3n) is 3.63. The third-order valence-corrected chi connectivity index (χ3v) is 3.63. The van der Waals surface area contributed by atoms with E-state index in [0.717, 1.165) is 18.4 Å². The second-order valence-corrected chi connectivity index (χ2v) is 4.90. The molecule has 0 fully saturated rings. The number of hydrogen-bond acceptors (Lipinski definition) is 3. The van der Waals surface area contributed by atoms with Gasteiger partial charge in [0, 0.05) is 18.0 Å². The third kappa shape index (κ3) is 2.31. The Labute approximate surface area is 111 Å². The molecule has 1 heterocycles. The van der Waals surface area contributed by atoms with Crippen LogP contribution in [0.3, 0.4) is 0 Å². The molecule has 1 amide bonds. The Bertz CT molecular complexity index is 580. The van der Waals surface area contributed by atoms with E-state index in [9.17, 15) is 4.79 Å². The van der Waals surface area contributed by atoms with Crippen molar-refractivity contribution in [1.82, 2.24) is 15.5 Å². The Morgan fingerprint density at radius 3 is 2.63 bits per heavy atom. The van der Waals surface area contributed by atoms with Crippen LogP contribution in [-0.2, 0) is 24.2 Å². The summed E-state index contributed by atoms with van der Waals surface area (Å²) < 4.78 is 0. The fraction of sp³-hybridized carbons (Fsp3) is 0.286. The standard InChI is InChI=1S/C14H16N4O/c15-13-12(8-17-18-13)7-16-14(19)11-5-9-3-1-2-4-10(9)6-11/h1-4,8,11H,5-7H2,(H,16,19)(H3,15,17,18). The summed E-state index contributed by atoms with van der Waals surface area (Å²) in [7, 11) is 0. The van der Waals surface area contributed by atoms with Crippen LogP contribution in [0.4, 0.5) is 5.82 Å². The van der Waals surface area contributed by atoms with Crippen LogP contribution < -0.4 is 11.1 Å². The maximum atomic E-state index is 12.1. The molecule has 0 spiro atoms. The molecule has 4 N–H and O–H groups in total. The van der Waals surface area contributed by atoms with E-state index in [1.54, 1.807) is 6.20 Å². The van der Waals surface area contributed by atoms with Crippen LogP contribution >= 0.6 is 0 Å². The van der Waals surface area contributed by atoms with E-state index in [1.807, 2.05) is 12.1 Å². The van der Waals surface area contributed by atoms with E-state index in [0.29, 0.717) is 12.4 Å². The van der Waals surface area contributed by atoms with Crippen molar-refractivity contribution < 1.29 is 4.79 Å². The molecule has 0 saturated carbocycles. The van der Waals surface area contributed by atoms with Gasteiger partial charge in [-0.05, 0) is 24.0 Å². The van der Waals surface area contributed by atoms with Crippen LogP contribution in [0.15, 0.2) is 30.5 Å². The molecule has 19 heavy (non-hydrogen) atoms. The maximum absolute atomic E-state index is 12.1. The van der Waals surface area contributed by atoms with Gasteiger partial charge in [-0.25, -0.2) is 0 Å². The number of fused-ring (bicyclic) bond motifs is 1. The minimum Gasteiger partial charge on any atom is -0.384 e. The number of aromatic amines is 1. The van der Waals surface area contributed by atoms with Crippen molar-refractivity contribution in [3.05, 3.63) is 47.2 Å². The van der Waals surface area contributed by atoms with Crippen LogP contribution in [0.2, 0.25) is 0 Å². The molecule has 0 radical (unpaired) electrons. The number of nitrogens with one attached hydrogen (secondary N) is 2. The Hall–Kier alpha value is -2.30. The maximum Gasteiger partial charge on any atom is 0.224 e. The Morgan fingerprint density at radius 2 is 2.05 bits per heavy atom. The molecule has 5 heteroatoms. The highest BCUT2D eigenvalue weighted by atomic mass is 16.1. The molecule has 0 saturated heterocycles. The Morgan fingerprint density at radius 1 is 1.37 bits per heavy atom. The molecule has 3 rings (SSSR count). The van der Waals surface area contributed by atoms with Crippen molar-refractivity contribution in [2.45, 2.75) is 19.4 Å². The largest absolute Gasteiger partial charge is 0.384 e. The second kappa shape index (κ2) is 4.76. The molecule has 1 aliphatic carbocycles. The lowest BCUT2D eigenvalue weighted by Crippen LogP contribution is -2.30. The summed E-state index contributed by atoms with van der Waals surface area (Å²) in [6.45, 7) is 0.425. The van der Waals surface area contributed by atoms with Gasteiger partial charge in [-0.1, -0.05) is 24.3 Å². The van der Waals surface area contributed by atoms with Gasteiger partial charge in [0.15, 0.2) is 0 Å². The highest BCUT2D eigenvalue weighted by Gasteiger charge is 2.26. The van der Waals surface area contributed by atoms with Crippen molar-refractivity contribution in [1.29, 1.82) is 0 Å². The van der Waals surface area contributed by atoms with Crippen molar-refractivity contribution >= 4 is 11.7 Å². The summed E-state index contributed by atoms with van der Waals surface area (Å²) in [5.74, 6) is 0.623. The summed E-state index contributed by atoms with van der Waals surface area (Å²) in [4.78, 5) is 12.1. The van der Waals surface area contributed by atoms with Gasteiger partial charge in [0.25, 0.3) is 0 Å². The summed E-state index contributed by atoms with van der Waals surface area (Å²) in [6.07, 6.45) is 3.28. The highest BCUT2D eigenvalue weighted by molar-refractivity contribution is 5.80. The van der Waals surface area contributed by atoms with Gasteiger partial charge >= 0.3 is 0 Å². The van der Waals surface area contributed by atoms with Crippen LogP contribution in [0.25, 0.3) is 0 Å². The predicted molar refractivity (Wildman–Crippen MR) is 72.2 cm³/mol. The molecule has 1 aliphatic rings. The summed E-state index contributed by atoms with van der Waals surface area (Å²) in [6, 6.07) is 8.23. The van der Waals surface area contributed by atoms with E-state index in [-0.39, 0.29) is 11.8 Å². The van der Waals surface area contributed by atoms with Gasteiger partial charge < -0.3 is 11.1 Å². The fourth-order valence-corrected chi connectivity index (χ4v) is 2.53. The average Bonchev–Trinajstić information content (AvgIpc) is 3.01. The van der Waals surface area contributed by atoms with Gasteiger partial charge in [0.1, 0.15) is 5.82 Å². The van der Waals surface area contributed by atoms with Crippen molar-refractivity contribution in [3.63, 3.8) is 0 Å². The van der Waals surface area contributed by atoms with Crippen LogP contribution in [-0.4, -0.2) is 16.1 Å². The molecule has 0 unspecified atom stereocenters. The first-order valence-corrected chi connectivity index (χ1v) is 6.36. The van der Waals surface area contributed by atoms with Crippen LogP contribution in [0, 0.1) is 5.92 Å². The SMILES string of the molecule is Nc1[nH]ncc1CNC(=O)C1Cc2ccccc2C1. The topological polar surface area (TPSA) is 83.8 Å². The fourth-order valence-electron chi connectivity index (χ4n) is 2.53. The van der Waals surface area contributed by atoms with Crippen LogP contribution in [0.5, 0.6) is 0 Å². The number of H-pyrrole nitrogens is 1. The van der Waals surface area contributed by atoms with Gasteiger partial charge in [-0.3, -0.25) is 9.89 Å². The number of rotatable bonds is 3. The summed E-state index contributed by atoms with van der Waals surface area (Å²) >= 11 is 0. The molecule has 5 nitrogen and oxygen atoms in total. The predicted octanol–water partition coefficient (Wildman–Crippen LogP) is 1.02. The molecule has 1 aromatic heterocycles. The molecule has 98 valence electrons. The molecule has 0 aliphatic heterocycles. The molecule has 1 aromatic carbocycles. The van der Waals surface area contributed by atoms with Gasteiger partial charge in [-0.2, -0.15) is 5.10 Å². The first-order chi connectivity index (χ1) is 9.24. The van der Waals surface area contributed by atoms with Gasteiger partial charge in [-0.15, -0.1) is 0 Å². The zero-order chi connectivity index (χ0) is 13.2. The molecular formula is C14H16N4O. The highest BCUT2D eigenvalue weighted by Crippen LogP contribution is 2.26.